The van der Waals surface area contributed by atoms with E-state index >= 15 is 0 Å². The van der Waals surface area contributed by atoms with Crippen LogP contribution in [0.3, 0.4) is 0 Å². The number of carbonyl (C=O) groups is 1. The predicted molar refractivity (Wildman–Crippen MR) is 118 cm³/mol. The van der Waals surface area contributed by atoms with Crippen molar-refractivity contribution in [2.45, 2.75) is 13.8 Å². The Kier molecular flexibility index (Phi) is 7.06. The second-order valence-corrected chi connectivity index (χ2v) is 7.74. The molecule has 0 aliphatic heterocycles. The number of fused-ring (bicyclic) bond motifs is 1. The largest absolute Gasteiger partial charge is 0.497 e. The van der Waals surface area contributed by atoms with Crippen LogP contribution >= 0.6 is 11.3 Å². The minimum atomic E-state index is -0.0681. The molecule has 29 heavy (non-hydrogen) atoms. The standard InChI is InChI=1S/C22H27N3O3S/c1-5-24(6-2)12-13-25(21(26)16-8-7-9-17(14-16)27-3)22-23-19-11-10-18(28-4)15-20(19)29-22/h7-11,14-15H,5-6,12-13H2,1-4H3/p+1. The van der Waals surface area contributed by atoms with Crippen molar-refractivity contribution in [3.05, 3.63) is 48.0 Å². The number of nitrogens with zero attached hydrogens (tertiary/aromatic N) is 2. The molecule has 1 aromatic heterocycles. The summed E-state index contributed by atoms with van der Waals surface area (Å²) in [7, 11) is 3.25. The predicted octanol–water partition coefficient (Wildman–Crippen LogP) is 2.89. The van der Waals surface area contributed by atoms with Crippen LogP contribution in [0.4, 0.5) is 5.13 Å². The number of benzene rings is 2. The summed E-state index contributed by atoms with van der Waals surface area (Å²) in [5.41, 5.74) is 1.46. The van der Waals surface area contributed by atoms with Crippen molar-refractivity contribution >= 4 is 32.6 Å². The van der Waals surface area contributed by atoms with Gasteiger partial charge in [-0.1, -0.05) is 17.4 Å². The van der Waals surface area contributed by atoms with Gasteiger partial charge in [0.2, 0.25) is 0 Å². The van der Waals surface area contributed by atoms with Crippen molar-refractivity contribution in [1.29, 1.82) is 0 Å². The molecule has 1 heterocycles. The van der Waals surface area contributed by atoms with Gasteiger partial charge in [-0.3, -0.25) is 9.69 Å². The molecule has 7 heteroatoms. The number of rotatable bonds is 9. The normalized spacial score (nSPS) is 11.1. The summed E-state index contributed by atoms with van der Waals surface area (Å²) in [6.07, 6.45) is 0. The lowest BCUT2D eigenvalue weighted by atomic mass is 10.2. The Morgan fingerprint density at radius 2 is 1.79 bits per heavy atom. The van der Waals surface area contributed by atoms with Crippen LogP contribution < -0.4 is 19.3 Å². The van der Waals surface area contributed by atoms with E-state index in [2.05, 4.69) is 13.8 Å². The van der Waals surface area contributed by atoms with E-state index in [1.807, 2.05) is 36.4 Å². The highest BCUT2D eigenvalue weighted by Crippen LogP contribution is 2.32. The van der Waals surface area contributed by atoms with Gasteiger partial charge in [-0.05, 0) is 50.2 Å². The molecule has 0 bridgehead atoms. The third kappa shape index (κ3) is 4.86. The Morgan fingerprint density at radius 1 is 1.07 bits per heavy atom. The number of hydrogen-bond donors (Lipinski definition) is 1. The fraction of sp³-hybridized carbons (Fsp3) is 0.364. The summed E-state index contributed by atoms with van der Waals surface area (Å²) in [6.45, 7) is 7.84. The van der Waals surface area contributed by atoms with E-state index in [0.717, 1.165) is 35.6 Å². The van der Waals surface area contributed by atoms with Crippen LogP contribution in [0.5, 0.6) is 11.5 Å². The number of nitrogens with one attached hydrogen (secondary N) is 1. The topological polar surface area (TPSA) is 56.1 Å². The number of carbonyl (C=O) groups excluding carboxylic acids is 1. The van der Waals surface area contributed by atoms with Gasteiger partial charge in [-0.25, -0.2) is 4.98 Å². The van der Waals surface area contributed by atoms with Crippen LogP contribution in [0.1, 0.15) is 24.2 Å². The van der Waals surface area contributed by atoms with E-state index in [-0.39, 0.29) is 5.91 Å². The highest BCUT2D eigenvalue weighted by molar-refractivity contribution is 7.22. The molecule has 0 atom stereocenters. The molecule has 0 fully saturated rings. The molecule has 1 N–H and O–H groups in total. The lowest BCUT2D eigenvalue weighted by molar-refractivity contribution is -0.894. The van der Waals surface area contributed by atoms with E-state index in [4.69, 9.17) is 14.5 Å². The maximum atomic E-state index is 13.4. The van der Waals surface area contributed by atoms with E-state index in [0.29, 0.717) is 23.0 Å². The fourth-order valence-electron chi connectivity index (χ4n) is 3.20. The van der Waals surface area contributed by atoms with Crippen molar-refractivity contribution in [2.75, 3.05) is 45.3 Å². The van der Waals surface area contributed by atoms with Crippen molar-refractivity contribution in [3.63, 3.8) is 0 Å². The summed E-state index contributed by atoms with van der Waals surface area (Å²) in [5, 5.41) is 0.702. The second kappa shape index (κ2) is 9.71. The highest BCUT2D eigenvalue weighted by Gasteiger charge is 2.23. The molecule has 2 aromatic carbocycles. The van der Waals surface area contributed by atoms with Crippen LogP contribution in [-0.4, -0.2) is 51.3 Å². The first kappa shape index (κ1) is 21.1. The Labute approximate surface area is 175 Å². The number of quaternary nitrogens is 1. The second-order valence-electron chi connectivity index (χ2n) is 6.73. The van der Waals surface area contributed by atoms with E-state index < -0.39 is 0 Å². The zero-order valence-electron chi connectivity index (χ0n) is 17.4. The van der Waals surface area contributed by atoms with Crippen molar-refractivity contribution in [1.82, 2.24) is 4.98 Å². The van der Waals surface area contributed by atoms with Gasteiger partial charge in [0.1, 0.15) is 11.5 Å². The summed E-state index contributed by atoms with van der Waals surface area (Å²) < 4.78 is 11.6. The van der Waals surface area contributed by atoms with Gasteiger partial charge < -0.3 is 14.4 Å². The zero-order valence-corrected chi connectivity index (χ0v) is 18.2. The molecule has 3 rings (SSSR count). The van der Waals surface area contributed by atoms with Crippen LogP contribution in [0.2, 0.25) is 0 Å². The number of amides is 1. The quantitative estimate of drug-likeness (QED) is 0.585. The molecule has 0 unspecified atom stereocenters. The monoisotopic (exact) mass is 414 g/mol. The minimum absolute atomic E-state index is 0.0681. The summed E-state index contributed by atoms with van der Waals surface area (Å²) >= 11 is 1.51. The highest BCUT2D eigenvalue weighted by atomic mass is 32.1. The van der Waals surface area contributed by atoms with Gasteiger partial charge in [0.15, 0.2) is 5.13 Å². The third-order valence-electron chi connectivity index (χ3n) is 5.07. The van der Waals surface area contributed by atoms with E-state index in [1.54, 1.807) is 25.2 Å². The number of likely N-dealkylation sites (N-methyl/N-ethyl adjacent to an activating group) is 1. The Balaban J connectivity index is 1.96. The number of hydrogen-bond acceptors (Lipinski definition) is 5. The first-order valence-corrected chi connectivity index (χ1v) is 10.6. The molecular weight excluding hydrogens is 386 g/mol. The number of aromatic nitrogens is 1. The number of thiazole rings is 1. The van der Waals surface area contributed by atoms with E-state index in [9.17, 15) is 4.79 Å². The lowest BCUT2D eigenvalue weighted by Crippen LogP contribution is -3.12. The number of anilines is 1. The maximum absolute atomic E-state index is 13.4. The molecule has 0 aliphatic carbocycles. The van der Waals surface area contributed by atoms with Crippen molar-refractivity contribution < 1.29 is 19.2 Å². The molecule has 6 nitrogen and oxygen atoms in total. The average molecular weight is 415 g/mol. The summed E-state index contributed by atoms with van der Waals surface area (Å²) in [6, 6.07) is 13.0. The molecule has 0 saturated carbocycles. The van der Waals surface area contributed by atoms with Crippen LogP contribution in [-0.2, 0) is 0 Å². The molecule has 0 radical (unpaired) electrons. The summed E-state index contributed by atoms with van der Waals surface area (Å²) in [4.78, 5) is 21.4. The molecule has 0 saturated heterocycles. The smallest absolute Gasteiger partial charge is 0.260 e. The van der Waals surface area contributed by atoms with E-state index in [1.165, 1.54) is 16.2 Å². The van der Waals surface area contributed by atoms with Crippen LogP contribution in [0.25, 0.3) is 10.2 Å². The van der Waals surface area contributed by atoms with Crippen LogP contribution in [0, 0.1) is 0 Å². The summed E-state index contributed by atoms with van der Waals surface area (Å²) in [5.74, 6) is 1.38. The molecule has 1 amide bonds. The Hall–Kier alpha value is -2.64. The van der Waals surface area contributed by atoms with Crippen LogP contribution in [0.15, 0.2) is 42.5 Å². The van der Waals surface area contributed by atoms with Gasteiger partial charge in [0, 0.05) is 5.56 Å². The average Bonchev–Trinajstić information content (AvgIpc) is 3.19. The van der Waals surface area contributed by atoms with Gasteiger partial charge >= 0.3 is 0 Å². The SMILES string of the molecule is CC[NH+](CC)CCN(C(=O)c1cccc(OC)c1)c1nc2ccc(OC)cc2s1. The molecule has 3 aromatic rings. The Morgan fingerprint density at radius 3 is 2.48 bits per heavy atom. The zero-order chi connectivity index (χ0) is 20.8. The third-order valence-corrected chi connectivity index (χ3v) is 6.11. The number of ether oxygens (including phenoxy) is 2. The van der Waals surface area contributed by atoms with Crippen molar-refractivity contribution in [3.8, 4) is 11.5 Å². The minimum Gasteiger partial charge on any atom is -0.497 e. The van der Waals surface area contributed by atoms with Gasteiger partial charge in [0.05, 0.1) is 50.6 Å². The Bertz CT molecular complexity index is 969. The lowest BCUT2D eigenvalue weighted by Gasteiger charge is -2.23. The molecule has 0 spiro atoms. The molecular formula is C22H28N3O3S+. The van der Waals surface area contributed by atoms with Gasteiger partial charge in [-0.2, -0.15) is 0 Å². The maximum Gasteiger partial charge on any atom is 0.260 e. The fourth-order valence-corrected chi connectivity index (χ4v) is 4.22. The van der Waals surface area contributed by atoms with Gasteiger partial charge in [0.25, 0.3) is 5.91 Å². The molecule has 154 valence electrons. The van der Waals surface area contributed by atoms with Gasteiger partial charge in [-0.15, -0.1) is 0 Å². The first-order chi connectivity index (χ1) is 14.1. The van der Waals surface area contributed by atoms with Crippen molar-refractivity contribution in [2.24, 2.45) is 0 Å². The first-order valence-electron chi connectivity index (χ1n) is 9.83. The molecule has 0 aliphatic rings. The number of methoxy groups -OCH3 is 2.